The zero-order valence-corrected chi connectivity index (χ0v) is 10.6. The Morgan fingerprint density at radius 1 is 1.55 bits per heavy atom. The summed E-state index contributed by atoms with van der Waals surface area (Å²) in [4.78, 5) is 12.0. The maximum atomic E-state index is 12.9. The van der Waals surface area contributed by atoms with Gasteiger partial charge in [-0.1, -0.05) is 5.46 Å². The molecule has 0 bridgehead atoms. The molecule has 8 heteroatoms. The highest BCUT2D eigenvalue weighted by Crippen LogP contribution is 2.19. The van der Waals surface area contributed by atoms with Crippen molar-refractivity contribution in [2.24, 2.45) is 11.0 Å². The van der Waals surface area contributed by atoms with E-state index in [-0.39, 0.29) is 17.7 Å². The van der Waals surface area contributed by atoms with Gasteiger partial charge in [-0.25, -0.2) is 13.2 Å². The second-order valence-corrected chi connectivity index (χ2v) is 4.44. The van der Waals surface area contributed by atoms with E-state index in [1.165, 1.54) is 18.1 Å². The first-order valence-corrected chi connectivity index (χ1v) is 5.82. The number of benzene rings is 1. The average Bonchev–Trinajstić information content (AvgIpc) is 2.75. The van der Waals surface area contributed by atoms with Crippen LogP contribution in [0.1, 0.15) is 0 Å². The number of carbonyl (C=O) groups excluding carboxylic acids is 1. The molecule has 0 fully saturated rings. The van der Waals surface area contributed by atoms with Crippen LogP contribution in [0.5, 0.6) is 0 Å². The third-order valence-corrected chi connectivity index (χ3v) is 2.90. The number of nitrogens with one attached hydrogen (secondary N) is 1. The maximum absolute atomic E-state index is 12.9. The van der Waals surface area contributed by atoms with Gasteiger partial charge in [0.25, 0.3) is 6.43 Å². The fourth-order valence-electron chi connectivity index (χ4n) is 1.95. The molecule has 104 valence electrons. The molecule has 4 nitrogen and oxygen atoms in total. The van der Waals surface area contributed by atoms with Gasteiger partial charge in [0.2, 0.25) is 5.91 Å². The Kier molecular flexibility index (Phi) is 4.01. The third-order valence-electron chi connectivity index (χ3n) is 2.90. The van der Waals surface area contributed by atoms with Gasteiger partial charge in [0.05, 0.1) is 6.54 Å². The second-order valence-electron chi connectivity index (χ2n) is 4.44. The highest BCUT2D eigenvalue weighted by molar-refractivity contribution is 6.36. The summed E-state index contributed by atoms with van der Waals surface area (Å²) in [6.45, 7) is 0.0621. The molecule has 0 saturated heterocycles. The van der Waals surface area contributed by atoms with Gasteiger partial charge in [-0.2, -0.15) is 5.10 Å². The SMILES string of the molecule is [B]c1cc(F)ccc1NC(=O)C1CN(C)N=C1C(F)F. The van der Waals surface area contributed by atoms with E-state index in [4.69, 9.17) is 7.85 Å². The molecule has 0 aromatic heterocycles. The van der Waals surface area contributed by atoms with Crippen LogP contribution >= 0.6 is 0 Å². The van der Waals surface area contributed by atoms with Gasteiger partial charge in [0.15, 0.2) is 0 Å². The molecule has 1 atom stereocenters. The van der Waals surface area contributed by atoms with Crippen LogP contribution in [0.25, 0.3) is 0 Å². The summed E-state index contributed by atoms with van der Waals surface area (Å²) < 4.78 is 38.5. The normalized spacial score (nSPS) is 18.4. The molecule has 1 heterocycles. The van der Waals surface area contributed by atoms with Crippen molar-refractivity contribution in [2.75, 3.05) is 18.9 Å². The molecule has 2 rings (SSSR count). The number of rotatable bonds is 3. The number of hydrogen-bond donors (Lipinski definition) is 1. The molecule has 2 radical (unpaired) electrons. The Morgan fingerprint density at radius 3 is 2.85 bits per heavy atom. The summed E-state index contributed by atoms with van der Waals surface area (Å²) in [6.07, 6.45) is -2.80. The van der Waals surface area contributed by atoms with Crippen molar-refractivity contribution in [1.29, 1.82) is 0 Å². The van der Waals surface area contributed by atoms with E-state index in [2.05, 4.69) is 10.4 Å². The Labute approximate surface area is 115 Å². The number of nitrogens with zero attached hydrogens (tertiary/aromatic N) is 2. The van der Waals surface area contributed by atoms with Crippen molar-refractivity contribution in [3.05, 3.63) is 24.0 Å². The summed E-state index contributed by atoms with van der Waals surface area (Å²) >= 11 is 0. The quantitative estimate of drug-likeness (QED) is 0.831. The fraction of sp³-hybridized carbons (Fsp3) is 0.333. The maximum Gasteiger partial charge on any atom is 0.279 e. The van der Waals surface area contributed by atoms with Gasteiger partial charge < -0.3 is 5.32 Å². The number of anilines is 1. The van der Waals surface area contributed by atoms with E-state index in [1.54, 1.807) is 0 Å². The molecule has 1 aliphatic rings. The summed E-state index contributed by atoms with van der Waals surface area (Å²) in [5.74, 6) is -2.24. The molecule has 0 spiro atoms. The number of carbonyl (C=O) groups is 1. The van der Waals surface area contributed by atoms with Crippen LogP contribution in [0.3, 0.4) is 0 Å². The first-order chi connectivity index (χ1) is 9.38. The zero-order chi connectivity index (χ0) is 14.9. The molecule has 1 aromatic rings. The molecule has 1 unspecified atom stereocenters. The van der Waals surface area contributed by atoms with Crippen molar-refractivity contribution in [3.63, 3.8) is 0 Å². The number of amides is 1. The van der Waals surface area contributed by atoms with Crippen molar-refractivity contribution in [1.82, 2.24) is 5.01 Å². The minimum Gasteiger partial charge on any atom is -0.326 e. The van der Waals surface area contributed by atoms with E-state index < -0.39 is 29.8 Å². The van der Waals surface area contributed by atoms with E-state index in [1.807, 2.05) is 0 Å². The lowest BCUT2D eigenvalue weighted by molar-refractivity contribution is -0.118. The fourth-order valence-corrected chi connectivity index (χ4v) is 1.95. The molecule has 1 aromatic carbocycles. The highest BCUT2D eigenvalue weighted by atomic mass is 19.3. The predicted octanol–water partition coefficient (Wildman–Crippen LogP) is 0.741. The average molecular weight is 281 g/mol. The van der Waals surface area contributed by atoms with Gasteiger partial charge in [0, 0.05) is 12.7 Å². The van der Waals surface area contributed by atoms with Crippen LogP contribution in [0.15, 0.2) is 23.3 Å². The van der Waals surface area contributed by atoms with Crippen LogP contribution in [0.4, 0.5) is 18.9 Å². The topological polar surface area (TPSA) is 44.7 Å². The molecular weight excluding hydrogens is 270 g/mol. The number of hydrazone groups is 1. The van der Waals surface area contributed by atoms with Crippen LogP contribution in [0.2, 0.25) is 0 Å². The van der Waals surface area contributed by atoms with Gasteiger partial charge in [-0.3, -0.25) is 9.80 Å². The van der Waals surface area contributed by atoms with E-state index in [0.29, 0.717) is 0 Å². The Morgan fingerprint density at radius 2 is 2.25 bits per heavy atom. The standard InChI is InChI=1S/C12H11BF3N3O/c1-19-5-7(10(18-19)11(15)16)12(20)17-9-3-2-6(14)4-8(9)13/h2-4,7,11H,5H2,1H3,(H,17,20). The summed E-state index contributed by atoms with van der Waals surface area (Å²) in [5, 5.41) is 7.31. The molecule has 1 aliphatic heterocycles. The van der Waals surface area contributed by atoms with Gasteiger partial charge in [-0.15, -0.1) is 0 Å². The molecule has 1 amide bonds. The first-order valence-electron chi connectivity index (χ1n) is 5.82. The monoisotopic (exact) mass is 281 g/mol. The molecule has 1 N–H and O–H groups in total. The lowest BCUT2D eigenvalue weighted by Gasteiger charge is -2.14. The van der Waals surface area contributed by atoms with E-state index in [0.717, 1.165) is 12.1 Å². The minimum absolute atomic E-state index is 0.0280. The van der Waals surface area contributed by atoms with Gasteiger partial charge in [0.1, 0.15) is 25.3 Å². The third kappa shape index (κ3) is 2.94. The van der Waals surface area contributed by atoms with Crippen LogP contribution < -0.4 is 10.8 Å². The van der Waals surface area contributed by atoms with Crippen LogP contribution in [-0.2, 0) is 4.79 Å². The lowest BCUT2D eigenvalue weighted by Crippen LogP contribution is -2.35. The largest absolute Gasteiger partial charge is 0.326 e. The Bertz CT molecular complexity index is 565. The predicted molar refractivity (Wildman–Crippen MR) is 70.0 cm³/mol. The van der Waals surface area contributed by atoms with Crippen LogP contribution in [0, 0.1) is 11.7 Å². The first kappa shape index (κ1) is 14.4. The smallest absolute Gasteiger partial charge is 0.279 e. The Balaban J connectivity index is 2.14. The highest BCUT2D eigenvalue weighted by Gasteiger charge is 2.36. The van der Waals surface area contributed by atoms with Gasteiger partial charge >= 0.3 is 0 Å². The molecule has 20 heavy (non-hydrogen) atoms. The number of alkyl halides is 2. The zero-order valence-electron chi connectivity index (χ0n) is 10.6. The molecule has 0 aliphatic carbocycles. The lowest BCUT2D eigenvalue weighted by atomic mass is 9.93. The van der Waals surface area contributed by atoms with Crippen molar-refractivity contribution < 1.29 is 18.0 Å². The van der Waals surface area contributed by atoms with Gasteiger partial charge in [-0.05, 0) is 18.2 Å². The number of halogens is 3. The molecule has 0 saturated carbocycles. The van der Waals surface area contributed by atoms with E-state index >= 15 is 0 Å². The molecular formula is C12H11BF3N3O. The summed E-state index contributed by atoms with van der Waals surface area (Å²) in [5.41, 5.74) is -0.273. The number of hydrogen-bond acceptors (Lipinski definition) is 3. The second kappa shape index (κ2) is 5.56. The summed E-state index contributed by atoms with van der Waals surface area (Å²) in [7, 11) is 7.05. The Hall–Kier alpha value is -1.99. The van der Waals surface area contributed by atoms with Crippen molar-refractivity contribution in [3.8, 4) is 0 Å². The summed E-state index contributed by atoms with van der Waals surface area (Å²) in [6, 6.07) is 3.44. The van der Waals surface area contributed by atoms with E-state index in [9.17, 15) is 18.0 Å². The van der Waals surface area contributed by atoms with Crippen molar-refractivity contribution in [2.45, 2.75) is 6.43 Å². The minimum atomic E-state index is -2.80. The van der Waals surface area contributed by atoms with Crippen molar-refractivity contribution >= 4 is 30.6 Å². The van der Waals surface area contributed by atoms with Crippen LogP contribution in [-0.4, -0.2) is 44.5 Å².